The number of carbonyl (C=O) groups is 1. The quantitative estimate of drug-likeness (QED) is 0.836. The summed E-state index contributed by atoms with van der Waals surface area (Å²) in [7, 11) is 0. The molecule has 2 rings (SSSR count). The highest BCUT2D eigenvalue weighted by Crippen LogP contribution is 2.20. The van der Waals surface area contributed by atoms with E-state index in [1.807, 2.05) is 28.3 Å². The third-order valence-corrected chi connectivity index (χ3v) is 4.40. The van der Waals surface area contributed by atoms with Crippen LogP contribution in [-0.4, -0.2) is 5.78 Å². The summed E-state index contributed by atoms with van der Waals surface area (Å²) in [6.07, 6.45) is 1.10. The molecule has 0 aliphatic heterocycles. The zero-order chi connectivity index (χ0) is 10.7. The number of carbonyl (C=O) groups excluding carboxylic acids is 1. The number of rotatable bonds is 4. The number of halogens is 1. The predicted molar refractivity (Wildman–Crippen MR) is 68.8 cm³/mol. The van der Waals surface area contributed by atoms with Gasteiger partial charge in [0.1, 0.15) is 5.78 Å². The molecule has 0 atom stereocenters. The lowest BCUT2D eigenvalue weighted by Gasteiger charge is -1.96. The molecule has 0 bridgehead atoms. The lowest BCUT2D eigenvalue weighted by Crippen LogP contribution is -2.04. The zero-order valence-electron chi connectivity index (χ0n) is 7.90. The Kier molecular flexibility index (Phi) is 3.72. The molecule has 0 fully saturated rings. The third-order valence-electron chi connectivity index (χ3n) is 1.97. The summed E-state index contributed by atoms with van der Waals surface area (Å²) in [5.74, 6) is 0.280. The van der Waals surface area contributed by atoms with Crippen molar-refractivity contribution in [2.75, 3.05) is 0 Å². The van der Waals surface area contributed by atoms with Crippen LogP contribution in [0.3, 0.4) is 0 Å². The molecule has 15 heavy (non-hydrogen) atoms. The monoisotopic (exact) mass is 300 g/mol. The van der Waals surface area contributed by atoms with Crippen LogP contribution in [0.2, 0.25) is 0 Å². The standard InChI is InChI=1S/C11H9BrOS2/c12-9-4-11(15-7-9)5-10(13)3-8-1-2-14-6-8/h1-2,4,6-7H,3,5H2. The van der Waals surface area contributed by atoms with Crippen LogP contribution >= 0.6 is 38.6 Å². The average molecular weight is 301 g/mol. The molecule has 4 heteroatoms. The molecule has 0 N–H and O–H groups in total. The minimum absolute atomic E-state index is 0.280. The molecule has 0 amide bonds. The highest BCUT2D eigenvalue weighted by Gasteiger charge is 2.07. The Morgan fingerprint density at radius 2 is 2.20 bits per heavy atom. The van der Waals surface area contributed by atoms with Crippen LogP contribution in [0.25, 0.3) is 0 Å². The van der Waals surface area contributed by atoms with E-state index in [1.165, 1.54) is 0 Å². The Hall–Kier alpha value is -0.450. The first kappa shape index (κ1) is 11.0. The maximum Gasteiger partial charge on any atom is 0.142 e. The van der Waals surface area contributed by atoms with Gasteiger partial charge in [-0.15, -0.1) is 11.3 Å². The molecule has 0 radical (unpaired) electrons. The molecular weight excluding hydrogens is 292 g/mol. The van der Waals surface area contributed by atoms with Crippen molar-refractivity contribution < 1.29 is 4.79 Å². The molecule has 2 aromatic heterocycles. The van der Waals surface area contributed by atoms with Gasteiger partial charge in [-0.05, 0) is 44.4 Å². The Bertz CT molecular complexity index is 445. The first-order chi connectivity index (χ1) is 7.24. The maximum absolute atomic E-state index is 11.7. The van der Waals surface area contributed by atoms with E-state index in [9.17, 15) is 4.79 Å². The largest absolute Gasteiger partial charge is 0.299 e. The van der Waals surface area contributed by atoms with Crippen LogP contribution in [0.1, 0.15) is 10.4 Å². The summed E-state index contributed by atoms with van der Waals surface area (Å²) in [5, 5.41) is 6.04. The lowest BCUT2D eigenvalue weighted by molar-refractivity contribution is -0.117. The number of hydrogen-bond donors (Lipinski definition) is 0. The van der Waals surface area contributed by atoms with E-state index in [4.69, 9.17) is 0 Å². The van der Waals surface area contributed by atoms with Gasteiger partial charge in [0.05, 0.1) is 0 Å². The number of thiophene rings is 2. The lowest BCUT2D eigenvalue weighted by atomic mass is 10.1. The number of Topliss-reactive ketones (excluding diaryl/α,β-unsaturated/α-hetero) is 1. The Labute approximate surface area is 105 Å². The first-order valence-electron chi connectivity index (χ1n) is 4.50. The van der Waals surface area contributed by atoms with Crippen molar-refractivity contribution >= 4 is 44.4 Å². The fourth-order valence-corrected chi connectivity index (χ4v) is 3.47. The van der Waals surface area contributed by atoms with Crippen molar-refractivity contribution in [3.05, 3.63) is 43.2 Å². The number of ketones is 1. The van der Waals surface area contributed by atoms with Gasteiger partial charge in [0.2, 0.25) is 0 Å². The predicted octanol–water partition coefficient (Wildman–Crippen LogP) is 3.93. The molecule has 0 saturated heterocycles. The van der Waals surface area contributed by atoms with Gasteiger partial charge in [0, 0.05) is 27.6 Å². The van der Waals surface area contributed by atoms with Gasteiger partial charge in [0.25, 0.3) is 0 Å². The van der Waals surface area contributed by atoms with Crippen LogP contribution in [0.15, 0.2) is 32.7 Å². The van der Waals surface area contributed by atoms with E-state index >= 15 is 0 Å². The molecule has 1 nitrogen and oxygen atoms in total. The van der Waals surface area contributed by atoms with E-state index in [1.54, 1.807) is 22.7 Å². The molecule has 0 spiro atoms. The van der Waals surface area contributed by atoms with Gasteiger partial charge in [-0.3, -0.25) is 4.79 Å². The molecule has 0 aliphatic rings. The Morgan fingerprint density at radius 3 is 2.80 bits per heavy atom. The van der Waals surface area contributed by atoms with Crippen molar-refractivity contribution in [2.45, 2.75) is 12.8 Å². The normalized spacial score (nSPS) is 10.5. The summed E-state index contributed by atoms with van der Waals surface area (Å²) in [6, 6.07) is 4.02. The summed E-state index contributed by atoms with van der Waals surface area (Å²) < 4.78 is 1.06. The fraction of sp³-hybridized carbons (Fsp3) is 0.182. The van der Waals surface area contributed by atoms with E-state index in [2.05, 4.69) is 15.9 Å². The number of hydrogen-bond acceptors (Lipinski definition) is 3. The SMILES string of the molecule is O=C(Cc1ccsc1)Cc1cc(Br)cs1. The second-order valence-corrected chi connectivity index (χ2v) is 5.95. The van der Waals surface area contributed by atoms with Crippen molar-refractivity contribution in [3.63, 3.8) is 0 Å². The van der Waals surface area contributed by atoms with E-state index < -0.39 is 0 Å². The summed E-state index contributed by atoms with van der Waals surface area (Å²) in [5.41, 5.74) is 1.13. The van der Waals surface area contributed by atoms with Crippen LogP contribution in [0.4, 0.5) is 0 Å². The van der Waals surface area contributed by atoms with E-state index in [-0.39, 0.29) is 5.78 Å². The minimum atomic E-state index is 0.280. The van der Waals surface area contributed by atoms with E-state index in [0.717, 1.165) is 14.9 Å². The minimum Gasteiger partial charge on any atom is -0.299 e. The maximum atomic E-state index is 11.7. The van der Waals surface area contributed by atoms with Gasteiger partial charge in [0.15, 0.2) is 0 Å². The average Bonchev–Trinajstić information content (AvgIpc) is 2.77. The molecule has 0 saturated carbocycles. The Morgan fingerprint density at radius 1 is 1.33 bits per heavy atom. The van der Waals surface area contributed by atoms with Crippen molar-refractivity contribution in [1.29, 1.82) is 0 Å². The molecule has 0 aromatic carbocycles. The molecular formula is C11H9BrOS2. The highest BCUT2D eigenvalue weighted by atomic mass is 79.9. The fourth-order valence-electron chi connectivity index (χ4n) is 1.32. The second-order valence-electron chi connectivity index (χ2n) is 3.26. The van der Waals surface area contributed by atoms with Crippen LogP contribution in [0.5, 0.6) is 0 Å². The van der Waals surface area contributed by atoms with Crippen LogP contribution in [0, 0.1) is 0 Å². The second kappa shape index (κ2) is 5.05. The van der Waals surface area contributed by atoms with Gasteiger partial charge < -0.3 is 0 Å². The summed E-state index contributed by atoms with van der Waals surface area (Å²) >= 11 is 6.64. The van der Waals surface area contributed by atoms with Gasteiger partial charge in [-0.25, -0.2) is 0 Å². The zero-order valence-corrected chi connectivity index (χ0v) is 11.1. The van der Waals surface area contributed by atoms with E-state index in [0.29, 0.717) is 12.8 Å². The Balaban J connectivity index is 1.93. The van der Waals surface area contributed by atoms with Gasteiger partial charge in [-0.1, -0.05) is 0 Å². The van der Waals surface area contributed by atoms with Crippen LogP contribution < -0.4 is 0 Å². The van der Waals surface area contributed by atoms with Gasteiger partial charge in [-0.2, -0.15) is 11.3 Å². The van der Waals surface area contributed by atoms with Crippen molar-refractivity contribution in [3.8, 4) is 0 Å². The van der Waals surface area contributed by atoms with Crippen molar-refractivity contribution in [2.24, 2.45) is 0 Å². The summed E-state index contributed by atoms with van der Waals surface area (Å²) in [6.45, 7) is 0. The third kappa shape index (κ3) is 3.26. The smallest absolute Gasteiger partial charge is 0.142 e. The molecule has 78 valence electrons. The summed E-state index contributed by atoms with van der Waals surface area (Å²) in [4.78, 5) is 12.8. The van der Waals surface area contributed by atoms with Crippen molar-refractivity contribution in [1.82, 2.24) is 0 Å². The van der Waals surface area contributed by atoms with Gasteiger partial charge >= 0.3 is 0 Å². The highest BCUT2D eigenvalue weighted by molar-refractivity contribution is 9.10. The molecule has 2 aromatic rings. The molecule has 0 aliphatic carbocycles. The molecule has 2 heterocycles. The first-order valence-corrected chi connectivity index (χ1v) is 7.11. The van der Waals surface area contributed by atoms with Crippen LogP contribution in [-0.2, 0) is 17.6 Å². The molecule has 0 unspecified atom stereocenters. The topological polar surface area (TPSA) is 17.1 Å².